The Kier molecular flexibility index (Phi) is 9.15. The van der Waals surface area contributed by atoms with Crippen molar-refractivity contribution in [3.63, 3.8) is 0 Å². The van der Waals surface area contributed by atoms with Crippen molar-refractivity contribution in [3.8, 4) is 0 Å². The summed E-state index contributed by atoms with van der Waals surface area (Å²) < 4.78 is 12.0. The van der Waals surface area contributed by atoms with Gasteiger partial charge in [-0.25, -0.2) is 4.79 Å². The lowest BCUT2D eigenvalue weighted by atomic mass is 9.96. The zero-order valence-corrected chi connectivity index (χ0v) is 11.3. The summed E-state index contributed by atoms with van der Waals surface area (Å²) in [7, 11) is 0. The van der Waals surface area contributed by atoms with E-state index in [4.69, 9.17) is 5.11 Å². The number of hydrogen-bond donors (Lipinski definition) is 1. The molecule has 0 aromatic heterocycles. The molecule has 0 aromatic carbocycles. The van der Waals surface area contributed by atoms with Gasteiger partial charge in [-0.15, -0.1) is 0 Å². The van der Waals surface area contributed by atoms with Gasteiger partial charge < -0.3 is 5.11 Å². The fraction of sp³-hybridized carbons (Fsp3) is 0.714. The minimum Gasteiger partial charge on any atom is -0.478 e. The number of rotatable bonds is 10. The van der Waals surface area contributed by atoms with E-state index in [2.05, 4.69) is 0 Å². The van der Waals surface area contributed by atoms with Crippen LogP contribution in [0.5, 0.6) is 0 Å². The molecule has 0 fully saturated rings. The number of carboxylic acid groups (broad SMARTS) is 1. The maximum atomic E-state index is 12.0. The third kappa shape index (κ3) is 6.52. The molecule has 0 rings (SSSR count). The van der Waals surface area contributed by atoms with E-state index in [9.17, 15) is 14.0 Å². The van der Waals surface area contributed by atoms with Crippen molar-refractivity contribution in [1.82, 2.24) is 0 Å². The van der Waals surface area contributed by atoms with Crippen LogP contribution in [0.1, 0.15) is 58.8 Å². The highest BCUT2D eigenvalue weighted by Crippen LogP contribution is 2.17. The molecule has 3 nitrogen and oxygen atoms in total. The monoisotopic (exact) mass is 258 g/mol. The lowest BCUT2D eigenvalue weighted by Gasteiger charge is -2.08. The molecule has 0 aliphatic rings. The summed E-state index contributed by atoms with van der Waals surface area (Å²) in [6.45, 7) is 3.07. The van der Waals surface area contributed by atoms with Crippen LogP contribution in [0.4, 0.5) is 4.39 Å². The number of carboxylic acids is 1. The standard InChI is InChI=1S/C14H23FO3/c1-3-4-5-9-13(16)12(8-6-7-10-15)11(2)14(17)18/h3-10H2,1-2H3,(H,17,18). The van der Waals surface area contributed by atoms with Crippen molar-refractivity contribution < 1.29 is 19.1 Å². The summed E-state index contributed by atoms with van der Waals surface area (Å²) in [6.07, 6.45) is 4.43. The van der Waals surface area contributed by atoms with Gasteiger partial charge in [-0.2, -0.15) is 0 Å². The molecule has 0 bridgehead atoms. The van der Waals surface area contributed by atoms with E-state index in [1.807, 2.05) is 6.92 Å². The minimum atomic E-state index is -1.06. The van der Waals surface area contributed by atoms with Gasteiger partial charge in [0.2, 0.25) is 0 Å². The highest BCUT2D eigenvalue weighted by molar-refractivity contribution is 6.02. The lowest BCUT2D eigenvalue weighted by Crippen LogP contribution is -2.10. The van der Waals surface area contributed by atoms with Crippen molar-refractivity contribution in [2.24, 2.45) is 0 Å². The van der Waals surface area contributed by atoms with E-state index in [0.29, 0.717) is 31.3 Å². The molecule has 0 aliphatic carbocycles. The number of aliphatic carboxylic acids is 1. The number of hydrogen-bond acceptors (Lipinski definition) is 2. The molecular formula is C14H23FO3. The lowest BCUT2D eigenvalue weighted by molar-refractivity contribution is -0.133. The quantitative estimate of drug-likeness (QED) is 0.480. The average molecular weight is 258 g/mol. The fourth-order valence-electron chi connectivity index (χ4n) is 1.75. The Morgan fingerprint density at radius 1 is 1.06 bits per heavy atom. The number of ketones is 1. The molecule has 1 N–H and O–H groups in total. The van der Waals surface area contributed by atoms with Crippen LogP contribution < -0.4 is 0 Å². The molecule has 0 saturated carbocycles. The van der Waals surface area contributed by atoms with Crippen LogP contribution in [0.3, 0.4) is 0 Å². The second-order valence-electron chi connectivity index (χ2n) is 4.44. The van der Waals surface area contributed by atoms with Crippen LogP contribution in [-0.2, 0) is 9.59 Å². The van der Waals surface area contributed by atoms with E-state index in [1.54, 1.807) is 0 Å². The summed E-state index contributed by atoms with van der Waals surface area (Å²) in [6, 6.07) is 0. The van der Waals surface area contributed by atoms with Gasteiger partial charge in [0.1, 0.15) is 0 Å². The fourth-order valence-corrected chi connectivity index (χ4v) is 1.75. The van der Waals surface area contributed by atoms with Crippen LogP contribution in [-0.4, -0.2) is 23.5 Å². The van der Waals surface area contributed by atoms with Crippen molar-refractivity contribution in [1.29, 1.82) is 0 Å². The van der Waals surface area contributed by atoms with Gasteiger partial charge in [0.25, 0.3) is 0 Å². The molecule has 0 heterocycles. The topological polar surface area (TPSA) is 54.4 Å². The second-order valence-corrected chi connectivity index (χ2v) is 4.44. The van der Waals surface area contributed by atoms with Gasteiger partial charge in [-0.1, -0.05) is 19.8 Å². The molecule has 0 aromatic rings. The van der Waals surface area contributed by atoms with E-state index in [1.165, 1.54) is 6.92 Å². The van der Waals surface area contributed by atoms with E-state index in [0.717, 1.165) is 19.3 Å². The molecule has 0 unspecified atom stereocenters. The molecule has 0 atom stereocenters. The minimum absolute atomic E-state index is 0.0952. The molecule has 0 radical (unpaired) electrons. The van der Waals surface area contributed by atoms with Crippen LogP contribution in [0, 0.1) is 0 Å². The molecule has 4 heteroatoms. The smallest absolute Gasteiger partial charge is 0.331 e. The summed E-state index contributed by atoms with van der Waals surface area (Å²) in [4.78, 5) is 22.9. The Morgan fingerprint density at radius 2 is 1.67 bits per heavy atom. The van der Waals surface area contributed by atoms with Crippen molar-refractivity contribution >= 4 is 11.8 Å². The van der Waals surface area contributed by atoms with Gasteiger partial charge in [0.05, 0.1) is 6.67 Å². The van der Waals surface area contributed by atoms with Crippen molar-refractivity contribution in [2.75, 3.05) is 6.67 Å². The predicted octanol–water partition coefficient (Wildman–Crippen LogP) is 3.68. The first-order chi connectivity index (χ1) is 8.54. The SMILES string of the molecule is CCCCCC(=O)C(CCCCF)=C(C)C(=O)O. The Morgan fingerprint density at radius 3 is 2.17 bits per heavy atom. The third-order valence-corrected chi connectivity index (χ3v) is 2.93. The number of carbonyl (C=O) groups is 2. The van der Waals surface area contributed by atoms with Gasteiger partial charge in [-0.05, 0) is 32.6 Å². The summed E-state index contributed by atoms with van der Waals surface area (Å²) in [5.74, 6) is -1.16. The normalized spacial score (nSPS) is 12.2. The van der Waals surface area contributed by atoms with Crippen LogP contribution in [0.15, 0.2) is 11.1 Å². The van der Waals surface area contributed by atoms with Crippen molar-refractivity contribution in [3.05, 3.63) is 11.1 Å². The first-order valence-electron chi connectivity index (χ1n) is 6.56. The third-order valence-electron chi connectivity index (χ3n) is 2.93. The van der Waals surface area contributed by atoms with Crippen molar-refractivity contribution in [2.45, 2.75) is 58.8 Å². The number of alkyl halides is 1. The maximum absolute atomic E-state index is 12.0. The first kappa shape index (κ1) is 16.8. The zero-order chi connectivity index (χ0) is 14.0. The largest absolute Gasteiger partial charge is 0.478 e. The summed E-state index contributed by atoms with van der Waals surface area (Å²) >= 11 is 0. The maximum Gasteiger partial charge on any atom is 0.331 e. The van der Waals surface area contributed by atoms with Gasteiger partial charge >= 0.3 is 5.97 Å². The molecule has 0 aliphatic heterocycles. The van der Waals surface area contributed by atoms with Crippen LogP contribution in [0.2, 0.25) is 0 Å². The molecule has 104 valence electrons. The first-order valence-corrected chi connectivity index (χ1v) is 6.56. The highest BCUT2D eigenvalue weighted by atomic mass is 19.1. The molecular weight excluding hydrogens is 235 g/mol. The van der Waals surface area contributed by atoms with Gasteiger partial charge in [0, 0.05) is 17.6 Å². The molecule has 0 amide bonds. The Labute approximate surface area is 108 Å². The average Bonchev–Trinajstić information content (AvgIpc) is 2.34. The van der Waals surface area contributed by atoms with E-state index < -0.39 is 12.6 Å². The number of halogens is 1. The number of carbonyl (C=O) groups excluding carboxylic acids is 1. The van der Waals surface area contributed by atoms with Crippen LogP contribution in [0.25, 0.3) is 0 Å². The summed E-state index contributed by atoms with van der Waals surface area (Å²) in [5.41, 5.74) is 0.474. The van der Waals surface area contributed by atoms with Crippen LogP contribution >= 0.6 is 0 Å². The number of unbranched alkanes of at least 4 members (excludes halogenated alkanes) is 3. The predicted molar refractivity (Wildman–Crippen MR) is 69.3 cm³/mol. The highest BCUT2D eigenvalue weighted by Gasteiger charge is 2.16. The summed E-state index contributed by atoms with van der Waals surface area (Å²) in [5, 5.41) is 8.95. The van der Waals surface area contributed by atoms with Gasteiger partial charge in [0.15, 0.2) is 5.78 Å². The van der Waals surface area contributed by atoms with E-state index in [-0.39, 0.29) is 11.4 Å². The molecule has 0 spiro atoms. The Hall–Kier alpha value is -1.19. The zero-order valence-electron chi connectivity index (χ0n) is 11.3. The number of allylic oxidation sites excluding steroid dienone is 1. The van der Waals surface area contributed by atoms with Gasteiger partial charge in [-0.3, -0.25) is 9.18 Å². The molecule has 18 heavy (non-hydrogen) atoms. The number of Topliss-reactive ketones (excluding diaryl/α,β-unsaturated/α-hetero) is 1. The Balaban J connectivity index is 4.60. The Bertz CT molecular complexity index is 308. The second kappa shape index (κ2) is 9.80. The van der Waals surface area contributed by atoms with E-state index >= 15 is 0 Å². The molecule has 0 saturated heterocycles.